The number of methoxy groups -OCH3 is 1. The van der Waals surface area contributed by atoms with Gasteiger partial charge in [0.1, 0.15) is 0 Å². The second-order valence-electron chi connectivity index (χ2n) is 5.77. The molecule has 2 aromatic carbocycles. The maximum atomic E-state index is 12.6. The van der Waals surface area contributed by atoms with Crippen molar-refractivity contribution in [2.75, 3.05) is 24.4 Å². The molecule has 1 aromatic heterocycles. The Bertz CT molecular complexity index is 970. The molecule has 7 heteroatoms. The fraction of sp³-hybridized carbons (Fsp3) is 0.143. The molecule has 2 amide bonds. The molecule has 0 unspecified atom stereocenters. The van der Waals surface area contributed by atoms with Gasteiger partial charge in [0.2, 0.25) is 0 Å². The number of anilines is 2. The van der Waals surface area contributed by atoms with Crippen LogP contribution in [-0.4, -0.2) is 25.5 Å². The van der Waals surface area contributed by atoms with Gasteiger partial charge in [-0.2, -0.15) is 0 Å². The minimum Gasteiger partial charge on any atom is -0.493 e. The molecule has 6 nitrogen and oxygen atoms in total. The Morgan fingerprint density at radius 3 is 2.43 bits per heavy atom. The van der Waals surface area contributed by atoms with Crippen molar-refractivity contribution < 1.29 is 19.1 Å². The quantitative estimate of drug-likeness (QED) is 0.609. The van der Waals surface area contributed by atoms with Crippen LogP contribution in [0.25, 0.3) is 0 Å². The van der Waals surface area contributed by atoms with Crippen molar-refractivity contribution in [3.05, 3.63) is 70.4 Å². The SMILES string of the molecule is CCOc1ccc(NC(=O)c2cccc(NC(=O)c3cccs3)c2)cc1OC. The topological polar surface area (TPSA) is 76.7 Å². The van der Waals surface area contributed by atoms with E-state index >= 15 is 0 Å². The Morgan fingerprint density at radius 2 is 1.71 bits per heavy atom. The molecule has 144 valence electrons. The molecule has 0 spiro atoms. The number of carbonyl (C=O) groups excluding carboxylic acids is 2. The molecule has 0 bridgehead atoms. The fourth-order valence-corrected chi connectivity index (χ4v) is 3.18. The highest BCUT2D eigenvalue weighted by molar-refractivity contribution is 7.12. The van der Waals surface area contributed by atoms with Gasteiger partial charge in [0.15, 0.2) is 11.5 Å². The van der Waals surface area contributed by atoms with E-state index in [0.29, 0.717) is 39.9 Å². The van der Waals surface area contributed by atoms with Gasteiger partial charge in [-0.25, -0.2) is 0 Å². The van der Waals surface area contributed by atoms with Crippen molar-refractivity contribution in [3.63, 3.8) is 0 Å². The molecule has 1 heterocycles. The third-order valence-electron chi connectivity index (χ3n) is 3.85. The second-order valence-corrected chi connectivity index (χ2v) is 6.71. The molecule has 3 aromatic rings. The maximum absolute atomic E-state index is 12.6. The summed E-state index contributed by atoms with van der Waals surface area (Å²) >= 11 is 1.36. The molecule has 0 aliphatic carbocycles. The van der Waals surface area contributed by atoms with Crippen LogP contribution < -0.4 is 20.1 Å². The number of amides is 2. The van der Waals surface area contributed by atoms with E-state index in [9.17, 15) is 9.59 Å². The summed E-state index contributed by atoms with van der Waals surface area (Å²) in [5.74, 6) is 0.653. The van der Waals surface area contributed by atoms with Crippen LogP contribution in [0.5, 0.6) is 11.5 Å². The summed E-state index contributed by atoms with van der Waals surface area (Å²) < 4.78 is 10.8. The Kier molecular flexibility index (Phi) is 6.29. The largest absolute Gasteiger partial charge is 0.493 e. The molecule has 0 saturated heterocycles. The molecule has 0 aliphatic rings. The monoisotopic (exact) mass is 396 g/mol. The number of ether oxygens (including phenoxy) is 2. The molecular formula is C21H20N2O4S. The molecule has 0 fully saturated rings. The standard InChI is InChI=1S/C21H20N2O4S/c1-3-27-17-10-9-16(13-18(17)26-2)22-20(24)14-6-4-7-15(12-14)23-21(25)19-8-5-11-28-19/h4-13H,3H2,1-2H3,(H,22,24)(H,23,25). The Morgan fingerprint density at radius 1 is 0.929 bits per heavy atom. The summed E-state index contributed by atoms with van der Waals surface area (Å²) in [5.41, 5.74) is 1.56. The zero-order valence-electron chi connectivity index (χ0n) is 15.5. The van der Waals surface area contributed by atoms with Gasteiger partial charge in [0, 0.05) is 23.0 Å². The minimum absolute atomic E-state index is 0.205. The molecule has 0 saturated carbocycles. The van der Waals surface area contributed by atoms with Crippen LogP contribution in [0, 0.1) is 0 Å². The molecular weight excluding hydrogens is 376 g/mol. The highest BCUT2D eigenvalue weighted by Crippen LogP contribution is 2.30. The zero-order chi connectivity index (χ0) is 19.9. The maximum Gasteiger partial charge on any atom is 0.265 e. The van der Waals surface area contributed by atoms with E-state index in [2.05, 4.69) is 10.6 Å². The smallest absolute Gasteiger partial charge is 0.265 e. The van der Waals surface area contributed by atoms with Gasteiger partial charge in [0.05, 0.1) is 18.6 Å². The third-order valence-corrected chi connectivity index (χ3v) is 4.72. The number of hydrogen-bond donors (Lipinski definition) is 2. The van der Waals surface area contributed by atoms with Gasteiger partial charge in [-0.1, -0.05) is 12.1 Å². The van der Waals surface area contributed by atoms with E-state index in [1.54, 1.807) is 55.6 Å². The molecule has 28 heavy (non-hydrogen) atoms. The van der Waals surface area contributed by atoms with Crippen molar-refractivity contribution >= 4 is 34.5 Å². The second kappa shape index (κ2) is 9.05. The van der Waals surface area contributed by atoms with Crippen LogP contribution in [-0.2, 0) is 0 Å². The number of benzene rings is 2. The van der Waals surface area contributed by atoms with Crippen LogP contribution in [0.4, 0.5) is 11.4 Å². The predicted molar refractivity (Wildman–Crippen MR) is 111 cm³/mol. The van der Waals surface area contributed by atoms with Crippen molar-refractivity contribution in [1.29, 1.82) is 0 Å². The van der Waals surface area contributed by atoms with Gasteiger partial charge in [-0.05, 0) is 48.7 Å². The number of nitrogens with one attached hydrogen (secondary N) is 2. The number of rotatable bonds is 7. The van der Waals surface area contributed by atoms with E-state index in [0.717, 1.165) is 0 Å². The summed E-state index contributed by atoms with van der Waals surface area (Å²) in [6.07, 6.45) is 0. The lowest BCUT2D eigenvalue weighted by atomic mass is 10.1. The molecule has 0 aliphatic heterocycles. The fourth-order valence-electron chi connectivity index (χ4n) is 2.56. The van der Waals surface area contributed by atoms with Crippen molar-refractivity contribution in [1.82, 2.24) is 0 Å². The summed E-state index contributed by atoms with van der Waals surface area (Å²) in [4.78, 5) is 25.4. The summed E-state index contributed by atoms with van der Waals surface area (Å²) in [5, 5.41) is 7.46. The van der Waals surface area contributed by atoms with Gasteiger partial charge in [0.25, 0.3) is 11.8 Å². The van der Waals surface area contributed by atoms with E-state index < -0.39 is 0 Å². The first kappa shape index (κ1) is 19.4. The average molecular weight is 396 g/mol. The first-order valence-electron chi connectivity index (χ1n) is 8.68. The van der Waals surface area contributed by atoms with Crippen LogP contribution in [0.1, 0.15) is 27.0 Å². The van der Waals surface area contributed by atoms with Crippen LogP contribution in [0.3, 0.4) is 0 Å². The van der Waals surface area contributed by atoms with Crippen molar-refractivity contribution in [2.45, 2.75) is 6.92 Å². The summed E-state index contributed by atoms with van der Waals surface area (Å²) in [6.45, 7) is 2.41. The highest BCUT2D eigenvalue weighted by Gasteiger charge is 2.12. The zero-order valence-corrected chi connectivity index (χ0v) is 16.3. The number of thiophene rings is 1. The third kappa shape index (κ3) is 4.69. The van der Waals surface area contributed by atoms with Gasteiger partial charge < -0.3 is 20.1 Å². The lowest BCUT2D eigenvalue weighted by Crippen LogP contribution is -2.14. The van der Waals surface area contributed by atoms with Crippen molar-refractivity contribution in [3.8, 4) is 11.5 Å². The minimum atomic E-state index is -0.293. The van der Waals surface area contributed by atoms with Gasteiger partial charge >= 0.3 is 0 Å². The van der Waals surface area contributed by atoms with E-state index in [4.69, 9.17) is 9.47 Å². The van der Waals surface area contributed by atoms with Crippen LogP contribution in [0.15, 0.2) is 60.0 Å². The average Bonchev–Trinajstić information content (AvgIpc) is 3.24. The lowest BCUT2D eigenvalue weighted by molar-refractivity contribution is 0.101. The first-order chi connectivity index (χ1) is 13.6. The Hall–Kier alpha value is -3.32. The predicted octanol–water partition coefficient (Wildman–Crippen LogP) is 4.66. The first-order valence-corrected chi connectivity index (χ1v) is 9.55. The van der Waals surface area contributed by atoms with E-state index in [1.807, 2.05) is 18.4 Å². The molecule has 0 radical (unpaired) electrons. The number of carbonyl (C=O) groups is 2. The van der Waals surface area contributed by atoms with Crippen LogP contribution in [0.2, 0.25) is 0 Å². The molecule has 0 atom stereocenters. The van der Waals surface area contributed by atoms with E-state index in [-0.39, 0.29) is 11.8 Å². The Labute approximate surface area is 167 Å². The highest BCUT2D eigenvalue weighted by atomic mass is 32.1. The summed E-state index contributed by atoms with van der Waals surface area (Å²) in [7, 11) is 1.54. The van der Waals surface area contributed by atoms with Crippen LogP contribution >= 0.6 is 11.3 Å². The number of hydrogen-bond acceptors (Lipinski definition) is 5. The van der Waals surface area contributed by atoms with E-state index in [1.165, 1.54) is 11.3 Å². The summed E-state index contributed by atoms with van der Waals surface area (Å²) in [6, 6.07) is 15.5. The molecule has 3 rings (SSSR count). The van der Waals surface area contributed by atoms with Gasteiger partial charge in [-0.3, -0.25) is 9.59 Å². The molecule has 2 N–H and O–H groups in total. The van der Waals surface area contributed by atoms with Gasteiger partial charge in [-0.15, -0.1) is 11.3 Å². The Balaban J connectivity index is 1.72. The lowest BCUT2D eigenvalue weighted by Gasteiger charge is -2.12. The van der Waals surface area contributed by atoms with Crippen molar-refractivity contribution in [2.24, 2.45) is 0 Å². The normalized spacial score (nSPS) is 10.2.